The van der Waals surface area contributed by atoms with Crippen molar-refractivity contribution in [3.63, 3.8) is 0 Å². The van der Waals surface area contributed by atoms with E-state index in [-0.39, 0.29) is 0 Å². The lowest BCUT2D eigenvalue weighted by atomic mass is 10.1. The summed E-state index contributed by atoms with van der Waals surface area (Å²) in [6, 6.07) is 18.6. The minimum absolute atomic E-state index is 0.745. The number of anilines is 3. The molecule has 2 aromatic carbocycles. The highest BCUT2D eigenvalue weighted by Gasteiger charge is 2.03. The first-order chi connectivity index (χ1) is 11.8. The molecule has 0 atom stereocenters. The van der Waals surface area contributed by atoms with Crippen molar-refractivity contribution >= 4 is 17.3 Å². The quantitative estimate of drug-likeness (QED) is 0.691. The fraction of sp³-hybridized carbons (Fsp3) is 0.200. The van der Waals surface area contributed by atoms with Gasteiger partial charge >= 0.3 is 0 Å². The molecule has 0 saturated carbocycles. The van der Waals surface area contributed by atoms with Crippen LogP contribution in [0.3, 0.4) is 0 Å². The molecule has 0 unspecified atom stereocenters. The van der Waals surface area contributed by atoms with Crippen LogP contribution >= 0.6 is 0 Å². The van der Waals surface area contributed by atoms with Crippen LogP contribution in [0.1, 0.15) is 23.6 Å². The number of hydrogen-bond acceptors (Lipinski definition) is 4. The van der Waals surface area contributed by atoms with Gasteiger partial charge in [-0.05, 0) is 36.1 Å². The van der Waals surface area contributed by atoms with Crippen molar-refractivity contribution in [3.05, 3.63) is 77.6 Å². The molecule has 0 fully saturated rings. The molecule has 1 aromatic heterocycles. The Labute approximate surface area is 143 Å². The highest BCUT2D eigenvalue weighted by Crippen LogP contribution is 2.21. The van der Waals surface area contributed by atoms with Crippen molar-refractivity contribution in [2.24, 2.45) is 0 Å². The Hall–Kier alpha value is -2.88. The summed E-state index contributed by atoms with van der Waals surface area (Å²) in [5.74, 6) is 1.60. The average molecular weight is 318 g/mol. The zero-order valence-electron chi connectivity index (χ0n) is 14.1. The topological polar surface area (TPSA) is 49.8 Å². The second-order valence-corrected chi connectivity index (χ2v) is 5.70. The van der Waals surface area contributed by atoms with Crippen molar-refractivity contribution < 1.29 is 0 Å². The van der Waals surface area contributed by atoms with Crippen molar-refractivity contribution in [1.82, 2.24) is 9.97 Å². The minimum atomic E-state index is 0.745. The Morgan fingerprint density at radius 1 is 0.875 bits per heavy atom. The number of nitrogens with one attached hydrogen (secondary N) is 2. The van der Waals surface area contributed by atoms with Gasteiger partial charge in [0.15, 0.2) is 0 Å². The maximum Gasteiger partial charge on any atom is 0.135 e. The van der Waals surface area contributed by atoms with Crippen molar-refractivity contribution in [2.75, 3.05) is 10.6 Å². The number of aryl methyl sites for hydroxylation is 2. The molecule has 24 heavy (non-hydrogen) atoms. The summed E-state index contributed by atoms with van der Waals surface area (Å²) in [6.07, 6.45) is 2.56. The Morgan fingerprint density at radius 2 is 1.58 bits per heavy atom. The lowest BCUT2D eigenvalue weighted by Crippen LogP contribution is -2.04. The first-order valence-corrected chi connectivity index (χ1v) is 8.21. The fourth-order valence-electron chi connectivity index (χ4n) is 2.61. The first-order valence-electron chi connectivity index (χ1n) is 8.21. The Balaban J connectivity index is 1.71. The van der Waals surface area contributed by atoms with E-state index < -0.39 is 0 Å². The van der Waals surface area contributed by atoms with E-state index >= 15 is 0 Å². The summed E-state index contributed by atoms with van der Waals surface area (Å²) in [5, 5.41) is 6.75. The van der Waals surface area contributed by atoms with Gasteiger partial charge in [-0.1, -0.05) is 49.4 Å². The first kappa shape index (κ1) is 16.0. The zero-order valence-corrected chi connectivity index (χ0v) is 14.1. The molecule has 1 heterocycles. The molecule has 122 valence electrons. The monoisotopic (exact) mass is 318 g/mol. The van der Waals surface area contributed by atoms with Crippen LogP contribution in [0.2, 0.25) is 0 Å². The van der Waals surface area contributed by atoms with Gasteiger partial charge in [-0.25, -0.2) is 9.97 Å². The SMILES string of the molecule is CCc1ccccc1Nc1cc(NCc2ccccc2C)ncn1. The van der Waals surface area contributed by atoms with Gasteiger partial charge in [-0.3, -0.25) is 0 Å². The molecule has 0 bridgehead atoms. The molecule has 2 N–H and O–H groups in total. The van der Waals surface area contributed by atoms with Crippen LogP contribution < -0.4 is 10.6 Å². The van der Waals surface area contributed by atoms with Crippen LogP contribution in [-0.4, -0.2) is 9.97 Å². The number of rotatable bonds is 6. The van der Waals surface area contributed by atoms with Crippen molar-refractivity contribution in [2.45, 2.75) is 26.8 Å². The van der Waals surface area contributed by atoms with E-state index in [4.69, 9.17) is 0 Å². The van der Waals surface area contributed by atoms with Gasteiger partial charge in [0.2, 0.25) is 0 Å². The van der Waals surface area contributed by atoms with E-state index in [1.54, 1.807) is 6.33 Å². The summed E-state index contributed by atoms with van der Waals surface area (Å²) in [4.78, 5) is 8.63. The van der Waals surface area contributed by atoms with Gasteiger partial charge in [0.05, 0.1) is 0 Å². The maximum atomic E-state index is 4.32. The Morgan fingerprint density at radius 3 is 2.38 bits per heavy atom. The minimum Gasteiger partial charge on any atom is -0.366 e. The molecule has 0 aliphatic rings. The van der Waals surface area contributed by atoms with Gasteiger partial charge in [-0.15, -0.1) is 0 Å². The molecule has 0 radical (unpaired) electrons. The molecule has 3 rings (SSSR count). The van der Waals surface area contributed by atoms with Crippen molar-refractivity contribution in [3.8, 4) is 0 Å². The summed E-state index contributed by atoms with van der Waals surface area (Å²) in [7, 11) is 0. The lowest BCUT2D eigenvalue weighted by Gasteiger charge is -2.12. The van der Waals surface area contributed by atoms with Gasteiger partial charge in [0, 0.05) is 18.3 Å². The van der Waals surface area contributed by atoms with E-state index in [1.165, 1.54) is 16.7 Å². The Bertz CT molecular complexity index is 814. The van der Waals surface area contributed by atoms with Crippen molar-refractivity contribution in [1.29, 1.82) is 0 Å². The number of aromatic nitrogens is 2. The van der Waals surface area contributed by atoms with Crippen LogP contribution in [0.5, 0.6) is 0 Å². The smallest absolute Gasteiger partial charge is 0.135 e. The fourth-order valence-corrected chi connectivity index (χ4v) is 2.61. The number of hydrogen-bond donors (Lipinski definition) is 2. The predicted octanol–water partition coefficient (Wildman–Crippen LogP) is 4.70. The molecule has 0 aliphatic carbocycles. The molecule has 4 nitrogen and oxygen atoms in total. The number of nitrogens with zero attached hydrogens (tertiary/aromatic N) is 2. The van der Waals surface area contributed by atoms with E-state index in [0.29, 0.717) is 0 Å². The summed E-state index contributed by atoms with van der Waals surface area (Å²) in [6.45, 7) is 5.01. The van der Waals surface area contributed by atoms with Gasteiger partial charge < -0.3 is 10.6 Å². The van der Waals surface area contributed by atoms with Crippen LogP contribution in [0.15, 0.2) is 60.9 Å². The Kier molecular flexibility index (Phi) is 5.06. The molecule has 0 saturated heterocycles. The van der Waals surface area contributed by atoms with Gasteiger partial charge in [0.25, 0.3) is 0 Å². The standard InChI is InChI=1S/C20H22N4/c1-3-16-9-6-7-11-18(16)24-20-12-19(22-14-23-20)21-13-17-10-5-4-8-15(17)2/h4-12,14H,3,13H2,1-2H3,(H2,21,22,23,24). The molecule has 0 amide bonds. The lowest BCUT2D eigenvalue weighted by molar-refractivity contribution is 1.07. The predicted molar refractivity (Wildman–Crippen MR) is 99.6 cm³/mol. The average Bonchev–Trinajstić information content (AvgIpc) is 2.62. The summed E-state index contributed by atoms with van der Waals surface area (Å²) < 4.78 is 0. The highest BCUT2D eigenvalue weighted by molar-refractivity contribution is 5.62. The maximum absolute atomic E-state index is 4.32. The van der Waals surface area contributed by atoms with E-state index in [1.807, 2.05) is 12.1 Å². The molecule has 0 spiro atoms. The third kappa shape index (κ3) is 3.90. The highest BCUT2D eigenvalue weighted by atomic mass is 15.1. The normalized spacial score (nSPS) is 10.4. The molecule has 0 aliphatic heterocycles. The number of benzene rings is 2. The van der Waals surface area contributed by atoms with Crippen LogP contribution in [0.25, 0.3) is 0 Å². The third-order valence-electron chi connectivity index (χ3n) is 4.05. The van der Waals surface area contributed by atoms with E-state index in [9.17, 15) is 0 Å². The van der Waals surface area contributed by atoms with Gasteiger partial charge in [0.1, 0.15) is 18.0 Å². The number of para-hydroxylation sites is 1. The second kappa shape index (κ2) is 7.59. The van der Waals surface area contributed by atoms with E-state index in [0.717, 1.165) is 30.3 Å². The van der Waals surface area contributed by atoms with E-state index in [2.05, 4.69) is 76.9 Å². The third-order valence-corrected chi connectivity index (χ3v) is 4.05. The molecular formula is C20H22N4. The molecule has 3 aromatic rings. The largest absolute Gasteiger partial charge is 0.366 e. The van der Waals surface area contributed by atoms with Crippen LogP contribution in [-0.2, 0) is 13.0 Å². The van der Waals surface area contributed by atoms with Crippen LogP contribution in [0.4, 0.5) is 17.3 Å². The molecular weight excluding hydrogens is 296 g/mol. The summed E-state index contributed by atoms with van der Waals surface area (Å²) in [5.41, 5.74) is 4.89. The van der Waals surface area contributed by atoms with Crippen LogP contribution in [0, 0.1) is 6.92 Å². The van der Waals surface area contributed by atoms with Gasteiger partial charge in [-0.2, -0.15) is 0 Å². The zero-order chi connectivity index (χ0) is 16.8. The molecule has 4 heteroatoms. The summed E-state index contributed by atoms with van der Waals surface area (Å²) >= 11 is 0. The second-order valence-electron chi connectivity index (χ2n) is 5.70.